The van der Waals surface area contributed by atoms with Crippen LogP contribution < -0.4 is 0 Å². The molecule has 0 spiro atoms. The third-order valence-corrected chi connectivity index (χ3v) is 5.60. The molecule has 2 aromatic carbocycles. The molecule has 1 aromatic heterocycles. The molecular weight excluding hydrogens is 397 g/mol. The first kappa shape index (κ1) is 19.6. The van der Waals surface area contributed by atoms with E-state index in [1.165, 1.54) is 42.6 Å². The molecular formula is C18H13F3N2O4S. The maximum absolute atomic E-state index is 12.8. The number of benzene rings is 2. The summed E-state index contributed by atoms with van der Waals surface area (Å²) in [4.78, 5) is 10.5. The molecule has 146 valence electrons. The third-order valence-electron chi connectivity index (χ3n) is 3.89. The van der Waals surface area contributed by atoms with Gasteiger partial charge < -0.3 is 5.11 Å². The van der Waals surface area contributed by atoms with Crippen LogP contribution in [-0.4, -0.2) is 29.3 Å². The van der Waals surface area contributed by atoms with E-state index in [1.807, 2.05) is 0 Å². The lowest BCUT2D eigenvalue weighted by Crippen LogP contribution is -2.05. The van der Waals surface area contributed by atoms with Crippen LogP contribution in [0.25, 0.3) is 5.69 Å². The molecule has 6 nitrogen and oxygen atoms in total. The van der Waals surface area contributed by atoms with Crippen molar-refractivity contribution in [3.05, 3.63) is 72.1 Å². The zero-order chi connectivity index (χ0) is 20.5. The van der Waals surface area contributed by atoms with Crippen molar-refractivity contribution in [2.24, 2.45) is 0 Å². The van der Waals surface area contributed by atoms with Crippen LogP contribution in [0, 0.1) is 0 Å². The van der Waals surface area contributed by atoms with E-state index in [4.69, 9.17) is 5.11 Å². The largest absolute Gasteiger partial charge is 0.481 e. The second-order valence-electron chi connectivity index (χ2n) is 5.89. The first-order chi connectivity index (χ1) is 13.1. The highest BCUT2D eigenvalue weighted by atomic mass is 32.2. The number of hydrogen-bond donors (Lipinski definition) is 1. The quantitative estimate of drug-likeness (QED) is 0.697. The normalized spacial score (nSPS) is 12.1. The lowest BCUT2D eigenvalue weighted by atomic mass is 10.2. The van der Waals surface area contributed by atoms with Crippen LogP contribution in [0.3, 0.4) is 0 Å². The topological polar surface area (TPSA) is 89.3 Å². The van der Waals surface area contributed by atoms with Gasteiger partial charge in [0.2, 0.25) is 9.84 Å². The van der Waals surface area contributed by atoms with E-state index in [0.29, 0.717) is 5.56 Å². The molecule has 0 unspecified atom stereocenters. The van der Waals surface area contributed by atoms with Gasteiger partial charge in [-0.15, -0.1) is 0 Å². The highest BCUT2D eigenvalue weighted by molar-refractivity contribution is 7.91. The van der Waals surface area contributed by atoms with Crippen LogP contribution in [0.15, 0.2) is 70.7 Å². The fourth-order valence-electron chi connectivity index (χ4n) is 2.52. The molecule has 0 aliphatic carbocycles. The molecule has 3 aromatic rings. The van der Waals surface area contributed by atoms with Crippen LogP contribution in [0.1, 0.15) is 11.1 Å². The fourth-order valence-corrected chi connectivity index (χ4v) is 3.78. The summed E-state index contributed by atoms with van der Waals surface area (Å²) in [6.45, 7) is 0. The molecule has 0 aliphatic rings. The average Bonchev–Trinajstić information content (AvgIpc) is 3.12. The summed E-state index contributed by atoms with van der Waals surface area (Å²) < 4.78 is 64.6. The summed E-state index contributed by atoms with van der Waals surface area (Å²) in [6.07, 6.45) is -2.54. The van der Waals surface area contributed by atoms with E-state index < -0.39 is 27.5 Å². The number of carboxylic acids is 1. The highest BCUT2D eigenvalue weighted by Crippen LogP contribution is 2.30. The molecule has 1 N–H and O–H groups in total. The van der Waals surface area contributed by atoms with Crippen molar-refractivity contribution in [3.63, 3.8) is 0 Å². The molecule has 0 saturated carbocycles. The van der Waals surface area contributed by atoms with Crippen molar-refractivity contribution in [1.29, 1.82) is 0 Å². The van der Waals surface area contributed by atoms with Gasteiger partial charge in [0.05, 0.1) is 28.8 Å². The lowest BCUT2D eigenvalue weighted by molar-refractivity contribution is -0.138. The predicted molar refractivity (Wildman–Crippen MR) is 91.8 cm³/mol. The van der Waals surface area contributed by atoms with Gasteiger partial charge in [-0.05, 0) is 42.0 Å². The van der Waals surface area contributed by atoms with Crippen LogP contribution in [-0.2, 0) is 27.2 Å². The maximum Gasteiger partial charge on any atom is 0.416 e. The molecule has 0 bridgehead atoms. The number of rotatable bonds is 5. The predicted octanol–water partition coefficient (Wildman–Crippen LogP) is 3.35. The van der Waals surface area contributed by atoms with Crippen molar-refractivity contribution < 1.29 is 31.5 Å². The fraction of sp³-hybridized carbons (Fsp3) is 0.111. The summed E-state index contributed by atoms with van der Waals surface area (Å²) in [5.41, 5.74) is -0.246. The lowest BCUT2D eigenvalue weighted by Gasteiger charge is -2.07. The molecule has 0 amide bonds. The molecule has 10 heteroatoms. The van der Waals surface area contributed by atoms with E-state index in [-0.39, 0.29) is 21.9 Å². The number of aliphatic carboxylic acids is 1. The Kier molecular flexibility index (Phi) is 4.99. The summed E-state index contributed by atoms with van der Waals surface area (Å²) in [5, 5.41) is 12.7. The summed E-state index contributed by atoms with van der Waals surface area (Å²) >= 11 is 0. The Morgan fingerprint density at radius 3 is 2.36 bits per heavy atom. The Labute approximate surface area is 157 Å². The van der Waals surface area contributed by atoms with Crippen molar-refractivity contribution >= 4 is 15.8 Å². The van der Waals surface area contributed by atoms with Crippen molar-refractivity contribution in [1.82, 2.24) is 9.78 Å². The van der Waals surface area contributed by atoms with Gasteiger partial charge in [-0.25, -0.2) is 13.1 Å². The third kappa shape index (κ3) is 4.06. The Morgan fingerprint density at radius 2 is 1.75 bits per heavy atom. The molecule has 1 heterocycles. The standard InChI is InChI=1S/C18H13F3N2O4S/c19-18(20,21)13-4-6-14(7-5-13)23-11-16(10-22-23)28(26,27)15-3-1-2-12(8-15)9-17(24)25/h1-8,10-11H,9H2,(H,24,25). The number of aromatic nitrogens is 2. The first-order valence-corrected chi connectivity index (χ1v) is 9.34. The minimum atomic E-state index is -4.47. The second-order valence-corrected chi connectivity index (χ2v) is 7.84. The SMILES string of the molecule is O=C(O)Cc1cccc(S(=O)(=O)c2cnn(-c3ccc(C(F)(F)F)cc3)c2)c1. The number of alkyl halides is 3. The van der Waals surface area contributed by atoms with Gasteiger partial charge in [-0.3, -0.25) is 4.79 Å². The summed E-state index contributed by atoms with van der Waals surface area (Å²) in [7, 11) is -3.97. The van der Waals surface area contributed by atoms with Gasteiger partial charge in [0.15, 0.2) is 0 Å². The minimum absolute atomic E-state index is 0.0989. The number of carboxylic acid groups (broad SMARTS) is 1. The molecule has 0 atom stereocenters. The Bertz CT molecular complexity index is 1120. The van der Waals surface area contributed by atoms with E-state index in [1.54, 1.807) is 0 Å². The van der Waals surface area contributed by atoms with Gasteiger partial charge in [0.1, 0.15) is 4.90 Å². The Balaban J connectivity index is 1.92. The maximum atomic E-state index is 12.8. The van der Waals surface area contributed by atoms with E-state index in [0.717, 1.165) is 23.0 Å². The van der Waals surface area contributed by atoms with Crippen molar-refractivity contribution in [3.8, 4) is 5.69 Å². The zero-order valence-corrected chi connectivity index (χ0v) is 14.9. The summed E-state index contributed by atoms with van der Waals surface area (Å²) in [6, 6.07) is 9.64. The van der Waals surface area contributed by atoms with Gasteiger partial charge in [-0.2, -0.15) is 18.3 Å². The van der Waals surface area contributed by atoms with Crippen LogP contribution >= 0.6 is 0 Å². The number of halogens is 3. The Hall–Kier alpha value is -3.14. The first-order valence-electron chi connectivity index (χ1n) is 7.85. The van der Waals surface area contributed by atoms with Gasteiger partial charge >= 0.3 is 12.1 Å². The van der Waals surface area contributed by atoms with Crippen LogP contribution in [0.4, 0.5) is 13.2 Å². The Morgan fingerprint density at radius 1 is 1.07 bits per heavy atom. The molecule has 0 fully saturated rings. The smallest absolute Gasteiger partial charge is 0.416 e. The van der Waals surface area contributed by atoms with Crippen LogP contribution in [0.5, 0.6) is 0 Å². The average molecular weight is 410 g/mol. The molecule has 3 rings (SSSR count). The van der Waals surface area contributed by atoms with Gasteiger partial charge in [0.25, 0.3) is 0 Å². The van der Waals surface area contributed by atoms with E-state index >= 15 is 0 Å². The number of hydrogen-bond acceptors (Lipinski definition) is 4. The number of sulfone groups is 1. The van der Waals surface area contributed by atoms with Gasteiger partial charge in [-0.1, -0.05) is 12.1 Å². The minimum Gasteiger partial charge on any atom is -0.481 e. The summed E-state index contributed by atoms with van der Waals surface area (Å²) in [5.74, 6) is -1.09. The highest BCUT2D eigenvalue weighted by Gasteiger charge is 2.30. The molecule has 0 saturated heterocycles. The zero-order valence-electron chi connectivity index (χ0n) is 14.1. The second kappa shape index (κ2) is 7.12. The van der Waals surface area contributed by atoms with Crippen molar-refractivity contribution in [2.75, 3.05) is 0 Å². The monoisotopic (exact) mass is 410 g/mol. The molecule has 0 aliphatic heterocycles. The van der Waals surface area contributed by atoms with Crippen LogP contribution in [0.2, 0.25) is 0 Å². The molecule has 0 radical (unpaired) electrons. The van der Waals surface area contributed by atoms with E-state index in [9.17, 15) is 26.4 Å². The van der Waals surface area contributed by atoms with Crippen molar-refractivity contribution in [2.45, 2.75) is 22.4 Å². The van der Waals surface area contributed by atoms with E-state index in [2.05, 4.69) is 5.10 Å². The molecule has 28 heavy (non-hydrogen) atoms. The number of carbonyl (C=O) groups is 1. The van der Waals surface area contributed by atoms with Gasteiger partial charge in [0, 0.05) is 6.20 Å². The number of nitrogens with zero attached hydrogens (tertiary/aromatic N) is 2.